The summed E-state index contributed by atoms with van der Waals surface area (Å²) in [6, 6.07) is 0. The quantitative estimate of drug-likeness (QED) is 0.703. The lowest BCUT2D eigenvalue weighted by Gasteiger charge is -2.31. The van der Waals surface area contributed by atoms with Crippen LogP contribution in [-0.2, 0) is 4.79 Å². The first-order chi connectivity index (χ1) is 6.94. The molecule has 4 heteroatoms. The number of nitrogens with two attached hydrogens (primary N) is 1. The van der Waals surface area contributed by atoms with E-state index in [4.69, 9.17) is 5.73 Å². The van der Waals surface area contributed by atoms with E-state index < -0.39 is 0 Å². The smallest absolute Gasteiger partial charge is 0.223 e. The number of carbonyl (C=O) groups excluding carboxylic acids is 1. The Morgan fingerprint density at radius 2 is 2.00 bits per heavy atom. The van der Waals surface area contributed by atoms with Crippen molar-refractivity contribution < 1.29 is 4.79 Å². The van der Waals surface area contributed by atoms with E-state index >= 15 is 0 Å². The molecule has 0 aromatic carbocycles. The van der Waals surface area contributed by atoms with Gasteiger partial charge in [-0.15, -0.1) is 0 Å². The second kappa shape index (κ2) is 4.94. The van der Waals surface area contributed by atoms with Gasteiger partial charge >= 0.3 is 0 Å². The van der Waals surface area contributed by atoms with Gasteiger partial charge in [0.05, 0.1) is 0 Å². The molecule has 3 N–H and O–H groups in total. The van der Waals surface area contributed by atoms with Crippen molar-refractivity contribution in [2.45, 2.75) is 32.2 Å². The molecule has 0 aromatic rings. The molecule has 0 unspecified atom stereocenters. The van der Waals surface area contributed by atoms with Crippen molar-refractivity contribution in [1.29, 1.82) is 0 Å². The van der Waals surface area contributed by atoms with Crippen LogP contribution in [0.5, 0.6) is 0 Å². The number of likely N-dealkylation sites (tertiary alicyclic amines) is 1. The molecule has 0 radical (unpaired) electrons. The summed E-state index contributed by atoms with van der Waals surface area (Å²) in [6.45, 7) is 6.42. The van der Waals surface area contributed by atoms with Gasteiger partial charge in [0.2, 0.25) is 5.91 Å². The molecule has 1 amide bonds. The van der Waals surface area contributed by atoms with Gasteiger partial charge < -0.3 is 16.0 Å². The van der Waals surface area contributed by atoms with Crippen LogP contribution in [0.4, 0.5) is 0 Å². The predicted molar refractivity (Wildman–Crippen MR) is 61.5 cm³/mol. The zero-order chi connectivity index (χ0) is 11.5. The van der Waals surface area contributed by atoms with Crippen molar-refractivity contribution in [1.82, 2.24) is 10.2 Å². The highest BCUT2D eigenvalue weighted by molar-refractivity contribution is 5.79. The summed E-state index contributed by atoms with van der Waals surface area (Å²) in [7, 11) is 2.10. The SMILES string of the molecule is CN1CCC(C(=O)NC(C)(C)CN)CC1. The maximum absolute atomic E-state index is 11.9. The molecule has 0 spiro atoms. The van der Waals surface area contributed by atoms with E-state index in [0.29, 0.717) is 6.54 Å². The fourth-order valence-corrected chi connectivity index (χ4v) is 1.76. The predicted octanol–water partition coefficient (Wildman–Crippen LogP) is 0.182. The van der Waals surface area contributed by atoms with Crippen molar-refractivity contribution in [3.05, 3.63) is 0 Å². The number of nitrogens with one attached hydrogen (secondary N) is 1. The average molecular weight is 213 g/mol. The maximum Gasteiger partial charge on any atom is 0.223 e. The van der Waals surface area contributed by atoms with Crippen molar-refractivity contribution >= 4 is 5.91 Å². The molecule has 1 aliphatic rings. The maximum atomic E-state index is 11.9. The van der Waals surface area contributed by atoms with Crippen molar-refractivity contribution in [3.8, 4) is 0 Å². The standard InChI is InChI=1S/C11H23N3O/c1-11(2,8-12)13-10(15)9-4-6-14(3)7-5-9/h9H,4-8,12H2,1-3H3,(H,13,15). The second-order valence-electron chi connectivity index (χ2n) is 5.15. The van der Waals surface area contributed by atoms with Gasteiger partial charge in [-0.25, -0.2) is 0 Å². The van der Waals surface area contributed by atoms with Crippen LogP contribution in [0.2, 0.25) is 0 Å². The highest BCUT2D eigenvalue weighted by Crippen LogP contribution is 2.17. The summed E-state index contributed by atoms with van der Waals surface area (Å²) < 4.78 is 0. The minimum atomic E-state index is -0.277. The normalized spacial score (nSPS) is 20.3. The van der Waals surface area contributed by atoms with Crippen LogP contribution in [0, 0.1) is 5.92 Å². The molecular formula is C11H23N3O. The van der Waals surface area contributed by atoms with E-state index in [1.165, 1.54) is 0 Å². The Labute approximate surface area is 92.2 Å². The first-order valence-electron chi connectivity index (χ1n) is 5.65. The number of hydrogen-bond donors (Lipinski definition) is 2. The van der Waals surface area contributed by atoms with Crippen molar-refractivity contribution in [2.24, 2.45) is 11.7 Å². The van der Waals surface area contributed by atoms with Crippen LogP contribution in [-0.4, -0.2) is 43.0 Å². The fourth-order valence-electron chi connectivity index (χ4n) is 1.76. The molecule has 88 valence electrons. The second-order valence-corrected chi connectivity index (χ2v) is 5.15. The largest absolute Gasteiger partial charge is 0.350 e. The molecular weight excluding hydrogens is 190 g/mol. The topological polar surface area (TPSA) is 58.4 Å². The number of amides is 1. The summed E-state index contributed by atoms with van der Waals surface area (Å²) in [4.78, 5) is 14.2. The first-order valence-corrected chi connectivity index (χ1v) is 5.65. The number of hydrogen-bond acceptors (Lipinski definition) is 3. The lowest BCUT2D eigenvalue weighted by atomic mass is 9.94. The third-order valence-electron chi connectivity index (χ3n) is 3.06. The summed E-state index contributed by atoms with van der Waals surface area (Å²) in [5.74, 6) is 0.338. The van der Waals surface area contributed by atoms with Crippen LogP contribution in [0.15, 0.2) is 0 Å². The van der Waals surface area contributed by atoms with Gasteiger partial charge in [-0.1, -0.05) is 0 Å². The molecule has 0 saturated carbocycles. The highest BCUT2D eigenvalue weighted by Gasteiger charge is 2.27. The minimum absolute atomic E-state index is 0.165. The Kier molecular flexibility index (Phi) is 4.11. The van der Waals surface area contributed by atoms with Crippen LogP contribution in [0.25, 0.3) is 0 Å². The molecule has 1 fully saturated rings. The number of nitrogens with zero attached hydrogens (tertiary/aromatic N) is 1. The minimum Gasteiger partial charge on any atom is -0.350 e. The van der Waals surface area contributed by atoms with E-state index in [0.717, 1.165) is 25.9 Å². The summed E-state index contributed by atoms with van der Waals surface area (Å²) >= 11 is 0. The van der Waals surface area contributed by atoms with Gasteiger partial charge in [-0.3, -0.25) is 4.79 Å². The number of rotatable bonds is 3. The van der Waals surface area contributed by atoms with E-state index in [9.17, 15) is 4.79 Å². The molecule has 1 aliphatic heterocycles. The monoisotopic (exact) mass is 213 g/mol. The molecule has 0 atom stereocenters. The molecule has 1 saturated heterocycles. The van der Waals surface area contributed by atoms with Crippen molar-refractivity contribution in [3.63, 3.8) is 0 Å². The lowest BCUT2D eigenvalue weighted by Crippen LogP contribution is -2.52. The van der Waals surface area contributed by atoms with Crippen LogP contribution in [0.1, 0.15) is 26.7 Å². The van der Waals surface area contributed by atoms with Gasteiger partial charge in [-0.05, 0) is 46.8 Å². The summed E-state index contributed by atoms with van der Waals surface area (Å²) in [6.07, 6.45) is 1.92. The van der Waals surface area contributed by atoms with Crippen LogP contribution < -0.4 is 11.1 Å². The van der Waals surface area contributed by atoms with E-state index in [-0.39, 0.29) is 17.4 Å². The number of piperidine rings is 1. The zero-order valence-electron chi connectivity index (χ0n) is 10.0. The molecule has 0 aromatic heterocycles. The Bertz CT molecular complexity index is 220. The third-order valence-corrected chi connectivity index (χ3v) is 3.06. The summed E-state index contributed by atoms with van der Waals surface area (Å²) in [5.41, 5.74) is 5.31. The zero-order valence-corrected chi connectivity index (χ0v) is 10.0. The van der Waals surface area contributed by atoms with Gasteiger partial charge in [0.25, 0.3) is 0 Å². The molecule has 0 aliphatic carbocycles. The Hall–Kier alpha value is -0.610. The average Bonchev–Trinajstić information content (AvgIpc) is 2.18. The summed E-state index contributed by atoms with van der Waals surface area (Å²) in [5, 5.41) is 3.01. The van der Waals surface area contributed by atoms with Gasteiger partial charge in [0.15, 0.2) is 0 Å². The lowest BCUT2D eigenvalue weighted by molar-refractivity contribution is -0.127. The Morgan fingerprint density at radius 3 is 2.47 bits per heavy atom. The highest BCUT2D eigenvalue weighted by atomic mass is 16.2. The molecule has 4 nitrogen and oxygen atoms in total. The van der Waals surface area contributed by atoms with Gasteiger partial charge in [-0.2, -0.15) is 0 Å². The molecule has 1 heterocycles. The molecule has 15 heavy (non-hydrogen) atoms. The van der Waals surface area contributed by atoms with E-state index in [1.807, 2.05) is 13.8 Å². The molecule has 0 bridgehead atoms. The van der Waals surface area contributed by atoms with Gasteiger partial charge in [0.1, 0.15) is 0 Å². The van der Waals surface area contributed by atoms with E-state index in [2.05, 4.69) is 17.3 Å². The van der Waals surface area contributed by atoms with Gasteiger partial charge in [0, 0.05) is 18.0 Å². The number of carbonyl (C=O) groups is 1. The Morgan fingerprint density at radius 1 is 1.47 bits per heavy atom. The van der Waals surface area contributed by atoms with E-state index in [1.54, 1.807) is 0 Å². The third kappa shape index (κ3) is 3.80. The van der Waals surface area contributed by atoms with Crippen molar-refractivity contribution in [2.75, 3.05) is 26.7 Å². The fraction of sp³-hybridized carbons (Fsp3) is 0.909. The Balaban J connectivity index is 2.41. The molecule has 1 rings (SSSR count). The van der Waals surface area contributed by atoms with Crippen LogP contribution >= 0.6 is 0 Å². The van der Waals surface area contributed by atoms with Crippen LogP contribution in [0.3, 0.4) is 0 Å². The first kappa shape index (κ1) is 12.5.